The lowest BCUT2D eigenvalue weighted by molar-refractivity contribution is -0.131. The number of nitrogens with zero attached hydrogens (tertiary/aromatic N) is 4. The van der Waals surface area contributed by atoms with Crippen LogP contribution in [-0.2, 0) is 11.3 Å². The fraction of sp³-hybridized carbons (Fsp3) is 0.0370. The zero-order valence-corrected chi connectivity index (χ0v) is 20.3. The van der Waals surface area contributed by atoms with Gasteiger partial charge >= 0.3 is 5.97 Å². The number of aromatic nitrogens is 4. The summed E-state index contributed by atoms with van der Waals surface area (Å²) >= 11 is 6.93. The number of hydrogen-bond acceptors (Lipinski definition) is 5. The zero-order valence-electron chi connectivity index (χ0n) is 18.7. The van der Waals surface area contributed by atoms with Crippen molar-refractivity contribution in [1.82, 2.24) is 19.7 Å². The van der Waals surface area contributed by atoms with Gasteiger partial charge in [-0.15, -0.1) is 5.10 Å². The van der Waals surface area contributed by atoms with Crippen LogP contribution in [0.4, 0.5) is 0 Å². The molecule has 2 heterocycles. The van der Waals surface area contributed by atoms with Gasteiger partial charge in [-0.3, -0.25) is 5.10 Å². The molecule has 36 heavy (non-hydrogen) atoms. The Balaban J connectivity index is 1.45. The Morgan fingerprint density at radius 3 is 2.58 bits per heavy atom. The van der Waals surface area contributed by atoms with Crippen LogP contribution in [0.25, 0.3) is 28.4 Å². The molecule has 0 aliphatic heterocycles. The highest BCUT2D eigenvalue weighted by Crippen LogP contribution is 2.31. The van der Waals surface area contributed by atoms with Gasteiger partial charge < -0.3 is 9.67 Å². The second kappa shape index (κ2) is 10.1. The van der Waals surface area contributed by atoms with Crippen LogP contribution in [-0.4, -0.2) is 30.8 Å². The molecule has 5 rings (SSSR count). The average Bonchev–Trinajstić information content (AvgIpc) is 3.50. The van der Waals surface area contributed by atoms with Crippen molar-refractivity contribution < 1.29 is 9.90 Å². The highest BCUT2D eigenvalue weighted by Gasteiger charge is 2.16. The van der Waals surface area contributed by atoms with Gasteiger partial charge in [0, 0.05) is 39.8 Å². The number of aliphatic carboxylic acids is 1. The minimum atomic E-state index is -1.07. The Morgan fingerprint density at radius 2 is 1.86 bits per heavy atom. The number of carbonyl (C=O) groups is 1. The molecule has 0 radical (unpaired) electrons. The van der Waals surface area contributed by atoms with E-state index in [9.17, 15) is 9.90 Å². The topological polar surface area (TPSA) is 108 Å². The summed E-state index contributed by atoms with van der Waals surface area (Å²) in [6.07, 6.45) is 3.58. The predicted octanol–water partition coefficient (Wildman–Crippen LogP) is 6.22. The number of benzene rings is 3. The Bertz CT molecular complexity index is 1630. The van der Waals surface area contributed by atoms with Gasteiger partial charge in [0.25, 0.3) is 0 Å². The molecule has 2 N–H and O–H groups in total. The van der Waals surface area contributed by atoms with Gasteiger partial charge in [0.15, 0.2) is 5.82 Å². The normalized spacial score (nSPS) is 11.5. The number of nitriles is 1. The average molecular weight is 512 g/mol. The maximum atomic E-state index is 12.1. The van der Waals surface area contributed by atoms with E-state index in [2.05, 4.69) is 25.8 Å². The van der Waals surface area contributed by atoms with Gasteiger partial charge in [0.05, 0.1) is 11.6 Å². The van der Waals surface area contributed by atoms with Crippen LogP contribution in [0.5, 0.6) is 0 Å². The third-order valence-electron chi connectivity index (χ3n) is 5.54. The van der Waals surface area contributed by atoms with Gasteiger partial charge in [-0.1, -0.05) is 41.9 Å². The molecule has 0 bridgehead atoms. The highest BCUT2D eigenvalue weighted by molar-refractivity contribution is 8.04. The molecule has 0 fully saturated rings. The Labute approximate surface area is 215 Å². The standard InChI is InChI=1S/C27H18ClN5O2S/c28-21-11-9-19(10-12-21)25-30-27(32-31-25)36-24(26(34)35)13-20-16-33(23-4-2-1-3-22(20)23)15-18-7-5-17(14-29)6-8-18/h1-13,16H,15H2,(H,34,35)(H,30,31,32)/b24-13-. The van der Waals surface area contributed by atoms with Gasteiger partial charge in [-0.2, -0.15) is 5.26 Å². The number of rotatable bonds is 7. The van der Waals surface area contributed by atoms with Crippen LogP contribution in [0.1, 0.15) is 16.7 Å². The van der Waals surface area contributed by atoms with Gasteiger partial charge in [-0.25, -0.2) is 9.78 Å². The quantitative estimate of drug-likeness (QED) is 0.198. The molecule has 0 aliphatic carbocycles. The van der Waals surface area contributed by atoms with E-state index in [1.807, 2.05) is 54.7 Å². The summed E-state index contributed by atoms with van der Waals surface area (Å²) in [6, 6.07) is 24.5. The van der Waals surface area contributed by atoms with E-state index in [-0.39, 0.29) is 4.91 Å². The number of para-hydroxylation sites is 1. The van der Waals surface area contributed by atoms with Gasteiger partial charge in [0.2, 0.25) is 5.16 Å². The molecule has 7 nitrogen and oxygen atoms in total. The van der Waals surface area contributed by atoms with Crippen LogP contribution < -0.4 is 0 Å². The van der Waals surface area contributed by atoms with Crippen molar-refractivity contribution in [2.24, 2.45) is 0 Å². The first-order valence-electron chi connectivity index (χ1n) is 10.9. The van der Waals surface area contributed by atoms with Gasteiger partial charge in [0.1, 0.15) is 4.91 Å². The summed E-state index contributed by atoms with van der Waals surface area (Å²) in [6.45, 7) is 0.584. The number of nitrogens with one attached hydrogen (secondary N) is 1. The number of carboxylic acid groups (broad SMARTS) is 1. The van der Waals surface area contributed by atoms with Crippen LogP contribution in [0, 0.1) is 11.3 Å². The summed E-state index contributed by atoms with van der Waals surface area (Å²) in [5.74, 6) is -0.542. The maximum absolute atomic E-state index is 12.1. The van der Waals surface area contributed by atoms with Crippen LogP contribution >= 0.6 is 23.4 Å². The van der Waals surface area contributed by atoms with Crippen molar-refractivity contribution in [2.45, 2.75) is 11.7 Å². The van der Waals surface area contributed by atoms with E-state index in [1.165, 1.54) is 0 Å². The molecule has 0 spiro atoms. The molecule has 5 aromatic rings. The van der Waals surface area contributed by atoms with Crippen molar-refractivity contribution in [1.29, 1.82) is 5.26 Å². The third-order valence-corrected chi connectivity index (χ3v) is 6.67. The number of aromatic amines is 1. The second-order valence-electron chi connectivity index (χ2n) is 7.93. The smallest absolute Gasteiger partial charge is 0.342 e. The number of fused-ring (bicyclic) bond motifs is 1. The lowest BCUT2D eigenvalue weighted by Gasteiger charge is -2.05. The molecule has 0 saturated carbocycles. The first-order chi connectivity index (χ1) is 17.5. The van der Waals surface area contributed by atoms with Crippen molar-refractivity contribution in [3.05, 3.63) is 106 Å². The largest absolute Gasteiger partial charge is 0.477 e. The summed E-state index contributed by atoms with van der Waals surface area (Å²) in [7, 11) is 0. The molecular formula is C27H18ClN5O2S. The van der Waals surface area contributed by atoms with E-state index in [1.54, 1.807) is 30.3 Å². The number of hydrogen-bond donors (Lipinski definition) is 2. The lowest BCUT2D eigenvalue weighted by Crippen LogP contribution is -1.98. The van der Waals surface area contributed by atoms with E-state index >= 15 is 0 Å². The third kappa shape index (κ3) is 5.03. The Kier molecular flexibility index (Phi) is 6.58. The van der Waals surface area contributed by atoms with Crippen molar-refractivity contribution in [3.63, 3.8) is 0 Å². The summed E-state index contributed by atoms with van der Waals surface area (Å²) in [4.78, 5) is 16.6. The molecule has 0 unspecified atom stereocenters. The number of H-pyrrole nitrogens is 1. The molecular weight excluding hydrogens is 494 g/mol. The first kappa shape index (κ1) is 23.4. The number of carboxylic acids is 1. The summed E-state index contributed by atoms with van der Waals surface area (Å²) in [5, 5.41) is 27.8. The molecule has 3 aromatic carbocycles. The molecule has 2 aromatic heterocycles. The Hall–Kier alpha value is -4.32. The van der Waals surface area contributed by atoms with Crippen LogP contribution in [0.2, 0.25) is 5.02 Å². The fourth-order valence-corrected chi connectivity index (χ4v) is 4.63. The highest BCUT2D eigenvalue weighted by atomic mass is 35.5. The monoisotopic (exact) mass is 511 g/mol. The minimum absolute atomic E-state index is 0.0953. The molecule has 176 valence electrons. The zero-order chi connectivity index (χ0) is 25.1. The minimum Gasteiger partial charge on any atom is -0.477 e. The number of thioether (sulfide) groups is 1. The Morgan fingerprint density at radius 1 is 1.11 bits per heavy atom. The second-order valence-corrected chi connectivity index (χ2v) is 9.37. The fourth-order valence-electron chi connectivity index (χ4n) is 3.81. The van der Waals surface area contributed by atoms with Crippen molar-refractivity contribution >= 4 is 46.3 Å². The van der Waals surface area contributed by atoms with Crippen LogP contribution in [0.3, 0.4) is 0 Å². The van der Waals surface area contributed by atoms with E-state index < -0.39 is 5.97 Å². The lowest BCUT2D eigenvalue weighted by atomic mass is 10.1. The van der Waals surface area contributed by atoms with Crippen LogP contribution in [0.15, 0.2) is 89.1 Å². The first-order valence-corrected chi connectivity index (χ1v) is 12.1. The van der Waals surface area contributed by atoms with Crippen molar-refractivity contribution in [2.75, 3.05) is 0 Å². The summed E-state index contributed by atoms with van der Waals surface area (Å²) < 4.78 is 2.07. The van der Waals surface area contributed by atoms with E-state index in [0.29, 0.717) is 28.1 Å². The molecule has 0 atom stereocenters. The number of halogens is 1. The maximum Gasteiger partial charge on any atom is 0.342 e. The van der Waals surface area contributed by atoms with E-state index in [4.69, 9.17) is 16.9 Å². The molecule has 0 amide bonds. The molecule has 9 heteroatoms. The van der Waals surface area contributed by atoms with Gasteiger partial charge in [-0.05, 0) is 65.9 Å². The molecule has 0 aliphatic rings. The van der Waals surface area contributed by atoms with Crippen molar-refractivity contribution in [3.8, 4) is 17.5 Å². The SMILES string of the molecule is N#Cc1ccc(Cn2cc(/C=C(\Sc3n[nH]c(-c4ccc(Cl)cc4)n3)C(=O)O)c3ccccc32)cc1. The molecule has 0 saturated heterocycles. The predicted molar refractivity (Wildman–Crippen MR) is 140 cm³/mol. The summed E-state index contributed by atoms with van der Waals surface area (Å²) in [5.41, 5.74) is 4.19. The van der Waals surface area contributed by atoms with E-state index in [0.717, 1.165) is 39.4 Å².